The number of terminal acetylenes is 1. The zero-order chi connectivity index (χ0) is 15.2. The molecule has 1 atom stereocenters. The van der Waals surface area contributed by atoms with Crippen molar-refractivity contribution in [1.82, 2.24) is 9.80 Å². The van der Waals surface area contributed by atoms with Gasteiger partial charge in [0.2, 0.25) is 0 Å². The van der Waals surface area contributed by atoms with Crippen molar-refractivity contribution >= 4 is 0 Å². The molecule has 2 nitrogen and oxygen atoms in total. The predicted octanol–water partition coefficient (Wildman–Crippen LogP) is 3.01. The minimum atomic E-state index is 0.192. The molecule has 3 rings (SSSR count). The quantitative estimate of drug-likeness (QED) is 0.799. The van der Waals surface area contributed by atoms with Crippen LogP contribution in [0.4, 0.5) is 0 Å². The van der Waals surface area contributed by atoms with Gasteiger partial charge in [-0.15, -0.1) is 6.42 Å². The Morgan fingerprint density at radius 3 is 2.05 bits per heavy atom. The zero-order valence-corrected chi connectivity index (χ0v) is 12.9. The highest BCUT2D eigenvalue weighted by atomic mass is 15.3. The van der Waals surface area contributed by atoms with E-state index in [4.69, 9.17) is 6.42 Å². The smallest absolute Gasteiger partial charge is 0.0844 e. The highest BCUT2D eigenvalue weighted by molar-refractivity contribution is 5.17. The Morgan fingerprint density at radius 1 is 0.864 bits per heavy atom. The van der Waals surface area contributed by atoms with E-state index in [1.165, 1.54) is 11.1 Å². The summed E-state index contributed by atoms with van der Waals surface area (Å²) in [7, 11) is 0. The number of benzene rings is 2. The molecule has 0 spiro atoms. The van der Waals surface area contributed by atoms with Gasteiger partial charge in [0.1, 0.15) is 0 Å². The Balaban J connectivity index is 1.60. The molecule has 0 amide bonds. The van der Waals surface area contributed by atoms with Gasteiger partial charge < -0.3 is 0 Å². The molecule has 22 heavy (non-hydrogen) atoms. The lowest BCUT2D eigenvalue weighted by Gasteiger charge is -2.39. The number of hydrogen-bond donors (Lipinski definition) is 0. The van der Waals surface area contributed by atoms with E-state index in [0.29, 0.717) is 0 Å². The number of hydrogen-bond acceptors (Lipinski definition) is 2. The third-order valence-corrected chi connectivity index (χ3v) is 4.25. The van der Waals surface area contributed by atoms with E-state index in [1.807, 2.05) is 0 Å². The van der Waals surface area contributed by atoms with Crippen molar-refractivity contribution in [2.24, 2.45) is 0 Å². The average molecular weight is 290 g/mol. The lowest BCUT2D eigenvalue weighted by Crippen LogP contribution is -2.51. The lowest BCUT2D eigenvalue weighted by atomic mass is 10.1. The summed E-state index contributed by atoms with van der Waals surface area (Å²) in [6.07, 6.45) is 5.78. The highest BCUT2D eigenvalue weighted by Gasteiger charge is 2.25. The monoisotopic (exact) mass is 290 g/mol. The fourth-order valence-corrected chi connectivity index (χ4v) is 3.03. The molecule has 0 aliphatic carbocycles. The highest BCUT2D eigenvalue weighted by Crippen LogP contribution is 2.16. The van der Waals surface area contributed by atoms with Gasteiger partial charge in [0.05, 0.1) is 6.04 Å². The first-order chi connectivity index (χ1) is 10.8. The zero-order valence-electron chi connectivity index (χ0n) is 12.9. The molecule has 0 N–H and O–H groups in total. The fraction of sp³-hybridized carbons (Fsp3) is 0.300. The number of piperazine rings is 1. The van der Waals surface area contributed by atoms with Crippen molar-refractivity contribution in [1.29, 1.82) is 0 Å². The van der Waals surface area contributed by atoms with Gasteiger partial charge in [-0.25, -0.2) is 0 Å². The third kappa shape index (κ3) is 3.76. The SMILES string of the molecule is C#CC1CN(Cc2ccccc2)CCN1Cc1ccccc1. The molecular formula is C20H22N2. The third-order valence-electron chi connectivity index (χ3n) is 4.25. The normalized spacial score (nSPS) is 19.7. The largest absolute Gasteiger partial charge is 0.295 e. The van der Waals surface area contributed by atoms with E-state index >= 15 is 0 Å². The standard InChI is InChI=1S/C20H22N2/c1-2-20-17-21(15-18-9-5-3-6-10-18)13-14-22(20)16-19-11-7-4-8-12-19/h1,3-12,20H,13-17H2. The van der Waals surface area contributed by atoms with Crippen molar-refractivity contribution < 1.29 is 0 Å². The molecule has 0 saturated carbocycles. The van der Waals surface area contributed by atoms with Crippen LogP contribution in [-0.2, 0) is 13.1 Å². The van der Waals surface area contributed by atoms with Crippen LogP contribution in [0.15, 0.2) is 60.7 Å². The van der Waals surface area contributed by atoms with Crippen molar-refractivity contribution in [2.45, 2.75) is 19.1 Å². The first-order valence-electron chi connectivity index (χ1n) is 7.85. The van der Waals surface area contributed by atoms with Crippen LogP contribution in [0.25, 0.3) is 0 Å². The molecule has 1 saturated heterocycles. The lowest BCUT2D eigenvalue weighted by molar-refractivity contribution is 0.0912. The first kappa shape index (κ1) is 14.8. The van der Waals surface area contributed by atoms with Crippen molar-refractivity contribution in [3.63, 3.8) is 0 Å². The summed E-state index contributed by atoms with van der Waals surface area (Å²) in [4.78, 5) is 4.87. The molecule has 1 aliphatic heterocycles. The van der Waals surface area contributed by atoms with E-state index in [9.17, 15) is 0 Å². The second kappa shape index (κ2) is 7.26. The van der Waals surface area contributed by atoms with Crippen LogP contribution in [0.1, 0.15) is 11.1 Å². The van der Waals surface area contributed by atoms with Gasteiger partial charge in [0.25, 0.3) is 0 Å². The molecule has 112 valence electrons. The molecule has 2 aromatic rings. The minimum absolute atomic E-state index is 0.192. The van der Waals surface area contributed by atoms with E-state index in [1.54, 1.807) is 0 Å². The number of rotatable bonds is 4. The fourth-order valence-electron chi connectivity index (χ4n) is 3.03. The predicted molar refractivity (Wildman–Crippen MR) is 91.2 cm³/mol. The minimum Gasteiger partial charge on any atom is -0.295 e. The van der Waals surface area contributed by atoms with E-state index < -0.39 is 0 Å². The molecule has 1 fully saturated rings. The second-order valence-electron chi connectivity index (χ2n) is 5.86. The second-order valence-corrected chi connectivity index (χ2v) is 5.86. The van der Waals surface area contributed by atoms with Crippen LogP contribution in [-0.4, -0.2) is 35.5 Å². The van der Waals surface area contributed by atoms with Crippen LogP contribution in [0.5, 0.6) is 0 Å². The Hall–Kier alpha value is -2.08. The van der Waals surface area contributed by atoms with E-state index in [0.717, 1.165) is 32.7 Å². The van der Waals surface area contributed by atoms with Gasteiger partial charge in [-0.2, -0.15) is 0 Å². The van der Waals surface area contributed by atoms with Gasteiger partial charge in [0.15, 0.2) is 0 Å². The summed E-state index contributed by atoms with van der Waals surface area (Å²) in [5.41, 5.74) is 2.69. The molecule has 0 aromatic heterocycles. The summed E-state index contributed by atoms with van der Waals surface area (Å²) >= 11 is 0. The van der Waals surface area contributed by atoms with Crippen molar-refractivity contribution in [3.8, 4) is 12.3 Å². The van der Waals surface area contributed by atoms with Gasteiger partial charge in [0, 0.05) is 32.7 Å². The van der Waals surface area contributed by atoms with Crippen LogP contribution < -0.4 is 0 Å². The topological polar surface area (TPSA) is 6.48 Å². The van der Waals surface area contributed by atoms with Crippen LogP contribution in [0.2, 0.25) is 0 Å². The maximum Gasteiger partial charge on any atom is 0.0844 e. The molecule has 0 bridgehead atoms. The van der Waals surface area contributed by atoms with Gasteiger partial charge in [-0.05, 0) is 11.1 Å². The summed E-state index contributed by atoms with van der Waals surface area (Å²) in [5, 5.41) is 0. The molecule has 1 heterocycles. The summed E-state index contributed by atoms with van der Waals surface area (Å²) in [6, 6.07) is 21.4. The van der Waals surface area contributed by atoms with Crippen LogP contribution >= 0.6 is 0 Å². The van der Waals surface area contributed by atoms with Crippen LogP contribution in [0, 0.1) is 12.3 Å². The molecule has 2 heteroatoms. The van der Waals surface area contributed by atoms with Gasteiger partial charge in [-0.1, -0.05) is 66.6 Å². The van der Waals surface area contributed by atoms with E-state index in [2.05, 4.69) is 76.4 Å². The summed E-state index contributed by atoms with van der Waals surface area (Å²) in [5.74, 6) is 2.97. The van der Waals surface area contributed by atoms with Gasteiger partial charge in [-0.3, -0.25) is 9.80 Å². The molecule has 2 aromatic carbocycles. The first-order valence-corrected chi connectivity index (χ1v) is 7.85. The molecule has 1 unspecified atom stereocenters. The van der Waals surface area contributed by atoms with Crippen molar-refractivity contribution in [2.75, 3.05) is 19.6 Å². The summed E-state index contributed by atoms with van der Waals surface area (Å²) < 4.78 is 0. The maximum atomic E-state index is 5.78. The summed E-state index contributed by atoms with van der Waals surface area (Å²) in [6.45, 7) is 4.96. The Labute approximate surface area is 133 Å². The Bertz CT molecular complexity index is 615. The van der Waals surface area contributed by atoms with Crippen LogP contribution in [0.3, 0.4) is 0 Å². The number of nitrogens with zero attached hydrogens (tertiary/aromatic N) is 2. The Kier molecular flexibility index (Phi) is 4.90. The maximum absolute atomic E-state index is 5.78. The average Bonchev–Trinajstić information content (AvgIpc) is 2.58. The van der Waals surface area contributed by atoms with Crippen molar-refractivity contribution in [3.05, 3.63) is 71.8 Å². The molecular weight excluding hydrogens is 268 g/mol. The van der Waals surface area contributed by atoms with Gasteiger partial charge >= 0.3 is 0 Å². The Morgan fingerprint density at radius 2 is 1.45 bits per heavy atom. The molecule has 1 aliphatic rings. The van der Waals surface area contributed by atoms with E-state index in [-0.39, 0.29) is 6.04 Å². The molecule has 0 radical (unpaired) electrons.